The highest BCUT2D eigenvalue weighted by Gasteiger charge is 2.36. The van der Waals surface area contributed by atoms with Crippen molar-refractivity contribution in [1.82, 2.24) is 5.32 Å². The number of anilines is 1. The van der Waals surface area contributed by atoms with Crippen LogP contribution in [-0.2, 0) is 16.4 Å². The number of hydrogen-bond acceptors (Lipinski definition) is 5. The van der Waals surface area contributed by atoms with E-state index in [2.05, 4.69) is 5.32 Å². The quantitative estimate of drug-likeness (QED) is 0.397. The third kappa shape index (κ3) is 4.28. The number of fused-ring (bicyclic) bond motifs is 2. The molecular weight excluding hydrogens is 436 g/mol. The maximum Gasteiger partial charge on any atom is 0.232 e. The van der Waals surface area contributed by atoms with Crippen LogP contribution in [0.1, 0.15) is 35.6 Å². The van der Waals surface area contributed by atoms with Gasteiger partial charge in [-0.05, 0) is 78.2 Å². The molecule has 1 saturated heterocycles. The van der Waals surface area contributed by atoms with Crippen molar-refractivity contribution in [3.05, 3.63) is 71.3 Å². The van der Waals surface area contributed by atoms with Gasteiger partial charge >= 0.3 is 0 Å². The molecule has 0 bridgehead atoms. The van der Waals surface area contributed by atoms with Crippen LogP contribution < -0.4 is 20.1 Å². The minimum atomic E-state index is -3.50. The van der Waals surface area contributed by atoms with E-state index >= 15 is 0 Å². The summed E-state index contributed by atoms with van der Waals surface area (Å²) in [5.74, 6) is 0.800. The van der Waals surface area contributed by atoms with Crippen molar-refractivity contribution in [1.29, 1.82) is 5.41 Å². The highest BCUT2D eigenvalue weighted by Crippen LogP contribution is 2.44. The molecule has 1 fully saturated rings. The number of nitrogens with one attached hydrogen (secondary N) is 2. The molecule has 0 spiro atoms. The number of nitrogen functional groups attached to an aromatic ring is 1. The van der Waals surface area contributed by atoms with Crippen molar-refractivity contribution < 1.29 is 13.2 Å². The Morgan fingerprint density at radius 1 is 1.06 bits per heavy atom. The Labute approximate surface area is 194 Å². The molecule has 8 heteroatoms. The van der Waals surface area contributed by atoms with Gasteiger partial charge in [-0.1, -0.05) is 24.3 Å². The largest absolute Gasteiger partial charge is 0.490 e. The van der Waals surface area contributed by atoms with E-state index in [1.807, 2.05) is 54.6 Å². The fraction of sp³-hybridized carbons (Fsp3) is 0.320. The Bertz CT molecular complexity index is 1330. The van der Waals surface area contributed by atoms with Gasteiger partial charge in [0.25, 0.3) is 0 Å². The predicted molar refractivity (Wildman–Crippen MR) is 132 cm³/mol. The average molecular weight is 465 g/mol. The van der Waals surface area contributed by atoms with E-state index in [0.29, 0.717) is 17.7 Å². The summed E-state index contributed by atoms with van der Waals surface area (Å²) in [5.41, 5.74) is 8.89. The Kier molecular flexibility index (Phi) is 5.50. The molecule has 7 nitrogen and oxygen atoms in total. The first kappa shape index (κ1) is 21.7. The zero-order chi connectivity index (χ0) is 23.2. The van der Waals surface area contributed by atoms with E-state index in [1.54, 1.807) is 0 Å². The molecule has 2 aliphatic heterocycles. The van der Waals surface area contributed by atoms with Crippen molar-refractivity contribution in [2.45, 2.75) is 31.4 Å². The molecule has 1 atom stereocenters. The highest BCUT2D eigenvalue weighted by molar-refractivity contribution is 7.92. The van der Waals surface area contributed by atoms with E-state index in [-0.39, 0.29) is 18.0 Å². The van der Waals surface area contributed by atoms with E-state index in [4.69, 9.17) is 15.9 Å². The summed E-state index contributed by atoms with van der Waals surface area (Å²) in [5, 5.41) is 13.0. The van der Waals surface area contributed by atoms with Gasteiger partial charge in [-0.2, -0.15) is 0 Å². The van der Waals surface area contributed by atoms with Gasteiger partial charge < -0.3 is 15.8 Å². The lowest BCUT2D eigenvalue weighted by Crippen LogP contribution is -2.34. The van der Waals surface area contributed by atoms with Gasteiger partial charge in [-0.15, -0.1) is 0 Å². The molecule has 0 amide bonds. The zero-order valence-electron chi connectivity index (χ0n) is 18.5. The minimum Gasteiger partial charge on any atom is -0.490 e. The number of ether oxygens (including phenoxy) is 1. The summed E-state index contributed by atoms with van der Waals surface area (Å²) in [6.45, 7) is 1.90. The molecular formula is C25H28N4O3S. The Balaban J connectivity index is 1.50. The molecule has 3 aromatic rings. The number of sulfonamides is 1. The van der Waals surface area contributed by atoms with Crippen molar-refractivity contribution in [2.75, 3.05) is 23.7 Å². The third-order valence-electron chi connectivity index (χ3n) is 6.49. The summed E-state index contributed by atoms with van der Waals surface area (Å²) in [6, 6.07) is 17.0. The smallest absolute Gasteiger partial charge is 0.232 e. The van der Waals surface area contributed by atoms with Crippen LogP contribution in [0.25, 0.3) is 10.8 Å². The molecule has 3 aromatic carbocycles. The highest BCUT2D eigenvalue weighted by atomic mass is 32.2. The lowest BCUT2D eigenvalue weighted by molar-refractivity contribution is 0.162. The zero-order valence-corrected chi connectivity index (χ0v) is 19.4. The summed E-state index contributed by atoms with van der Waals surface area (Å²) in [7, 11) is -3.50. The summed E-state index contributed by atoms with van der Waals surface area (Å²) in [6.07, 6.45) is 3.94. The van der Waals surface area contributed by atoms with Crippen LogP contribution in [0.2, 0.25) is 0 Å². The molecule has 2 aliphatic rings. The first-order valence-corrected chi connectivity index (χ1v) is 13.0. The number of nitrogens with two attached hydrogens (primary N) is 1. The Hall–Kier alpha value is -3.10. The summed E-state index contributed by atoms with van der Waals surface area (Å²) in [4.78, 5) is 0. The van der Waals surface area contributed by atoms with E-state index in [1.165, 1.54) is 10.6 Å². The second-order valence-corrected chi connectivity index (χ2v) is 10.7. The Morgan fingerprint density at radius 3 is 2.55 bits per heavy atom. The van der Waals surface area contributed by atoms with Crippen LogP contribution >= 0.6 is 0 Å². The second-order valence-electron chi connectivity index (χ2n) is 8.87. The van der Waals surface area contributed by atoms with Crippen LogP contribution in [0.5, 0.6) is 5.75 Å². The van der Waals surface area contributed by atoms with Crippen LogP contribution in [-0.4, -0.2) is 39.7 Å². The van der Waals surface area contributed by atoms with Crippen LogP contribution in [0.3, 0.4) is 0 Å². The number of amidine groups is 1. The van der Waals surface area contributed by atoms with Gasteiger partial charge in [-0.3, -0.25) is 9.71 Å². The first-order valence-electron chi connectivity index (χ1n) is 11.2. The standard InChI is InChI=1S/C25H28N4O3S/c1-33(30,31)29-23-7-6-22(32-21-8-10-28-11-9-21)14-20(23)15-24(29)17-4-2-16-3-5-18(25(26)27)13-19(16)12-17/h2-7,12-14,21,24,28H,8-11,15H2,1H3,(H3,26,27). The predicted octanol–water partition coefficient (Wildman–Crippen LogP) is 3.32. The fourth-order valence-electron chi connectivity index (χ4n) is 4.88. The van der Waals surface area contributed by atoms with Crippen LogP contribution in [0.15, 0.2) is 54.6 Å². The molecule has 0 aromatic heterocycles. The number of nitrogens with zero attached hydrogens (tertiary/aromatic N) is 1. The minimum absolute atomic E-state index is 0.00890. The van der Waals surface area contributed by atoms with E-state index < -0.39 is 10.0 Å². The Morgan fingerprint density at radius 2 is 1.82 bits per heavy atom. The van der Waals surface area contributed by atoms with Gasteiger partial charge in [0.05, 0.1) is 18.0 Å². The molecule has 172 valence electrons. The molecule has 2 heterocycles. The van der Waals surface area contributed by atoms with Gasteiger partial charge in [0.15, 0.2) is 0 Å². The van der Waals surface area contributed by atoms with E-state index in [0.717, 1.165) is 53.6 Å². The van der Waals surface area contributed by atoms with E-state index in [9.17, 15) is 8.42 Å². The molecule has 5 rings (SSSR count). The molecule has 33 heavy (non-hydrogen) atoms. The fourth-order valence-corrected chi connectivity index (χ4v) is 6.08. The van der Waals surface area contributed by atoms with Crippen LogP contribution in [0.4, 0.5) is 5.69 Å². The molecule has 0 saturated carbocycles. The lowest BCUT2D eigenvalue weighted by atomic mass is 9.98. The molecule has 0 radical (unpaired) electrons. The molecule has 0 aliphatic carbocycles. The van der Waals surface area contributed by atoms with Gasteiger partial charge in [0.2, 0.25) is 10.0 Å². The number of rotatable bonds is 5. The third-order valence-corrected chi connectivity index (χ3v) is 7.66. The normalized spacial score (nSPS) is 18.9. The summed E-state index contributed by atoms with van der Waals surface area (Å²) >= 11 is 0. The average Bonchev–Trinajstić information content (AvgIpc) is 3.18. The second kappa shape index (κ2) is 8.35. The maximum atomic E-state index is 12.8. The molecule has 4 N–H and O–H groups in total. The lowest BCUT2D eigenvalue weighted by Gasteiger charge is -2.26. The van der Waals surface area contributed by atoms with Gasteiger partial charge in [-0.25, -0.2) is 8.42 Å². The van der Waals surface area contributed by atoms with Gasteiger partial charge in [0.1, 0.15) is 17.7 Å². The molecule has 1 unspecified atom stereocenters. The first-order chi connectivity index (χ1) is 15.8. The SMILES string of the molecule is CS(=O)(=O)N1c2ccc(OC3CCNCC3)cc2CC1c1ccc2ccc(C(=N)N)cc2c1. The number of hydrogen-bond donors (Lipinski definition) is 3. The van der Waals surface area contributed by atoms with Crippen molar-refractivity contribution in [2.24, 2.45) is 5.73 Å². The number of piperidine rings is 1. The number of benzene rings is 3. The van der Waals surface area contributed by atoms with Gasteiger partial charge in [0, 0.05) is 12.0 Å². The topological polar surface area (TPSA) is 109 Å². The van der Waals surface area contributed by atoms with Crippen LogP contribution in [0, 0.1) is 5.41 Å². The van der Waals surface area contributed by atoms with Crippen molar-refractivity contribution >= 4 is 32.3 Å². The van der Waals surface area contributed by atoms with Crippen molar-refractivity contribution in [3.63, 3.8) is 0 Å². The maximum absolute atomic E-state index is 12.8. The summed E-state index contributed by atoms with van der Waals surface area (Å²) < 4.78 is 33.4. The monoisotopic (exact) mass is 464 g/mol. The van der Waals surface area contributed by atoms with Crippen molar-refractivity contribution in [3.8, 4) is 5.75 Å².